The second-order valence-electron chi connectivity index (χ2n) is 4.55. The van der Waals surface area contributed by atoms with Crippen LogP contribution < -0.4 is 10.6 Å². The molecule has 1 saturated heterocycles. The fourth-order valence-electron chi connectivity index (χ4n) is 1.95. The van der Waals surface area contributed by atoms with Crippen LogP contribution in [0.4, 0.5) is 0 Å². The van der Waals surface area contributed by atoms with Crippen molar-refractivity contribution < 1.29 is 18.8 Å². The summed E-state index contributed by atoms with van der Waals surface area (Å²) in [5.41, 5.74) is 0. The van der Waals surface area contributed by atoms with E-state index in [0.717, 1.165) is 19.4 Å². The molecule has 8 heteroatoms. The lowest BCUT2D eigenvalue weighted by molar-refractivity contribution is -0.144. The third-order valence-electron chi connectivity index (χ3n) is 2.99. The van der Waals surface area contributed by atoms with Crippen LogP contribution in [0, 0.1) is 0 Å². The predicted octanol–water partition coefficient (Wildman–Crippen LogP) is 0.175. The molecule has 1 fully saturated rings. The number of esters is 1. The molecule has 2 heterocycles. The topological polar surface area (TPSA) is 106 Å². The van der Waals surface area contributed by atoms with Crippen molar-refractivity contribution in [2.45, 2.75) is 38.8 Å². The van der Waals surface area contributed by atoms with E-state index in [2.05, 4.69) is 20.8 Å². The van der Waals surface area contributed by atoms with Crippen LogP contribution in [0.15, 0.2) is 4.52 Å². The highest BCUT2D eigenvalue weighted by Crippen LogP contribution is 2.20. The van der Waals surface area contributed by atoms with Crippen LogP contribution >= 0.6 is 0 Å². The van der Waals surface area contributed by atoms with Crippen LogP contribution in [0.1, 0.15) is 49.2 Å². The average molecular weight is 282 g/mol. The number of aromatic nitrogens is 2. The molecule has 2 rings (SSSR count). The molecule has 2 unspecified atom stereocenters. The summed E-state index contributed by atoms with van der Waals surface area (Å²) in [6, 6.07) is -0.750. The second-order valence-corrected chi connectivity index (χ2v) is 4.55. The quantitative estimate of drug-likeness (QED) is 0.742. The van der Waals surface area contributed by atoms with E-state index >= 15 is 0 Å². The molecule has 2 N–H and O–H groups in total. The van der Waals surface area contributed by atoms with Crippen molar-refractivity contribution in [1.29, 1.82) is 0 Å². The van der Waals surface area contributed by atoms with Crippen LogP contribution in [0.2, 0.25) is 0 Å². The lowest BCUT2D eigenvalue weighted by Gasteiger charge is -2.10. The first kappa shape index (κ1) is 14.4. The Kier molecular flexibility index (Phi) is 4.67. The van der Waals surface area contributed by atoms with E-state index in [9.17, 15) is 9.59 Å². The van der Waals surface area contributed by atoms with Gasteiger partial charge in [0, 0.05) is 0 Å². The molecular weight excluding hydrogens is 264 g/mol. The summed E-state index contributed by atoms with van der Waals surface area (Å²) in [5, 5.41) is 9.29. The number of nitrogens with one attached hydrogen (secondary N) is 2. The van der Waals surface area contributed by atoms with Gasteiger partial charge in [-0.05, 0) is 33.2 Å². The first-order valence-electron chi connectivity index (χ1n) is 6.66. The second kappa shape index (κ2) is 6.47. The maximum atomic E-state index is 11.9. The molecule has 1 amide bonds. The summed E-state index contributed by atoms with van der Waals surface area (Å²) >= 11 is 0. The van der Waals surface area contributed by atoms with E-state index in [1.165, 1.54) is 6.92 Å². The zero-order valence-electron chi connectivity index (χ0n) is 11.5. The molecule has 1 aliphatic heterocycles. The van der Waals surface area contributed by atoms with Gasteiger partial charge in [-0.15, -0.1) is 0 Å². The van der Waals surface area contributed by atoms with E-state index in [0.29, 0.717) is 5.89 Å². The molecule has 8 nitrogen and oxygen atoms in total. The van der Waals surface area contributed by atoms with E-state index in [1.807, 2.05) is 0 Å². The minimum Gasteiger partial charge on any atom is -0.464 e. The van der Waals surface area contributed by atoms with E-state index in [1.54, 1.807) is 6.92 Å². The normalized spacial score (nSPS) is 19.6. The Morgan fingerprint density at radius 1 is 1.60 bits per heavy atom. The Morgan fingerprint density at radius 3 is 3.05 bits per heavy atom. The number of carbonyl (C=O) groups is 2. The number of hydrogen-bond donors (Lipinski definition) is 2. The number of ether oxygens (including phenoxy) is 1. The van der Waals surface area contributed by atoms with Crippen molar-refractivity contribution in [3.8, 4) is 0 Å². The summed E-state index contributed by atoms with van der Waals surface area (Å²) in [4.78, 5) is 27.3. The smallest absolute Gasteiger partial charge is 0.328 e. The lowest BCUT2D eigenvalue weighted by Crippen LogP contribution is -2.40. The first-order chi connectivity index (χ1) is 9.61. The Labute approximate surface area is 116 Å². The monoisotopic (exact) mass is 282 g/mol. The molecule has 0 radical (unpaired) electrons. The zero-order valence-corrected chi connectivity index (χ0v) is 11.5. The summed E-state index contributed by atoms with van der Waals surface area (Å²) in [7, 11) is 0. The Morgan fingerprint density at radius 2 is 2.40 bits per heavy atom. The van der Waals surface area contributed by atoms with Gasteiger partial charge in [0.2, 0.25) is 5.89 Å². The van der Waals surface area contributed by atoms with Crippen LogP contribution in [0.5, 0.6) is 0 Å². The van der Waals surface area contributed by atoms with E-state index in [4.69, 9.17) is 9.26 Å². The van der Waals surface area contributed by atoms with Gasteiger partial charge in [-0.3, -0.25) is 4.79 Å². The van der Waals surface area contributed by atoms with Crippen LogP contribution in [0.25, 0.3) is 0 Å². The van der Waals surface area contributed by atoms with Gasteiger partial charge in [0.25, 0.3) is 11.7 Å². The molecule has 1 aliphatic rings. The highest BCUT2D eigenvalue weighted by Gasteiger charge is 2.25. The number of hydrogen-bond acceptors (Lipinski definition) is 7. The molecule has 0 saturated carbocycles. The number of rotatable bonds is 5. The van der Waals surface area contributed by atoms with E-state index in [-0.39, 0.29) is 18.5 Å². The Balaban J connectivity index is 1.94. The summed E-state index contributed by atoms with van der Waals surface area (Å²) in [6.07, 6.45) is 1.94. The fourth-order valence-corrected chi connectivity index (χ4v) is 1.95. The minimum atomic E-state index is -0.756. The molecule has 1 aromatic heterocycles. The molecular formula is C12H18N4O4. The maximum Gasteiger partial charge on any atom is 0.328 e. The van der Waals surface area contributed by atoms with Crippen molar-refractivity contribution in [3.05, 3.63) is 11.7 Å². The minimum absolute atomic E-state index is 0.00605. The summed E-state index contributed by atoms with van der Waals surface area (Å²) in [5.74, 6) is -0.734. The largest absolute Gasteiger partial charge is 0.464 e. The fraction of sp³-hybridized carbons (Fsp3) is 0.667. The number of carbonyl (C=O) groups excluding carboxylic acids is 2. The third-order valence-corrected chi connectivity index (χ3v) is 2.99. The summed E-state index contributed by atoms with van der Waals surface area (Å²) < 4.78 is 9.86. The van der Waals surface area contributed by atoms with Crippen molar-refractivity contribution in [1.82, 2.24) is 20.8 Å². The number of amides is 1. The maximum absolute atomic E-state index is 11.9. The number of nitrogens with zero attached hydrogens (tertiary/aromatic N) is 2. The first-order valence-corrected chi connectivity index (χ1v) is 6.66. The average Bonchev–Trinajstić information content (AvgIpc) is 3.09. The third kappa shape index (κ3) is 3.32. The van der Waals surface area contributed by atoms with Crippen LogP contribution in [-0.2, 0) is 9.53 Å². The van der Waals surface area contributed by atoms with Crippen molar-refractivity contribution in [2.24, 2.45) is 0 Å². The van der Waals surface area contributed by atoms with Crippen LogP contribution in [0.3, 0.4) is 0 Å². The lowest BCUT2D eigenvalue weighted by atomic mass is 10.2. The van der Waals surface area contributed by atoms with Gasteiger partial charge >= 0.3 is 5.97 Å². The SMILES string of the molecule is CCOC(=O)C(C)NC(=O)c1noc(C2CCCN2)n1. The van der Waals surface area contributed by atoms with Crippen molar-refractivity contribution >= 4 is 11.9 Å². The van der Waals surface area contributed by atoms with Gasteiger partial charge < -0.3 is 19.9 Å². The highest BCUT2D eigenvalue weighted by molar-refractivity contribution is 5.93. The van der Waals surface area contributed by atoms with Crippen molar-refractivity contribution in [2.75, 3.05) is 13.2 Å². The van der Waals surface area contributed by atoms with Gasteiger partial charge in [0.1, 0.15) is 6.04 Å². The van der Waals surface area contributed by atoms with E-state index < -0.39 is 17.9 Å². The van der Waals surface area contributed by atoms with Gasteiger partial charge in [0.15, 0.2) is 0 Å². The molecule has 0 aliphatic carbocycles. The molecule has 20 heavy (non-hydrogen) atoms. The van der Waals surface area contributed by atoms with Gasteiger partial charge in [-0.1, -0.05) is 5.16 Å². The standard InChI is InChI=1S/C12H18N4O4/c1-3-19-12(18)7(2)14-10(17)9-15-11(20-16-9)8-5-4-6-13-8/h7-8,13H,3-6H2,1-2H3,(H,14,17). The van der Waals surface area contributed by atoms with Gasteiger partial charge in [0.05, 0.1) is 12.6 Å². The Bertz CT molecular complexity index is 482. The van der Waals surface area contributed by atoms with Crippen molar-refractivity contribution in [3.63, 3.8) is 0 Å². The Hall–Kier alpha value is -1.96. The predicted molar refractivity (Wildman–Crippen MR) is 67.8 cm³/mol. The summed E-state index contributed by atoms with van der Waals surface area (Å²) in [6.45, 7) is 4.40. The molecule has 0 spiro atoms. The molecule has 2 atom stereocenters. The van der Waals surface area contributed by atoms with Gasteiger partial charge in [-0.2, -0.15) is 4.98 Å². The highest BCUT2D eigenvalue weighted by atomic mass is 16.5. The molecule has 1 aromatic rings. The molecule has 0 aromatic carbocycles. The molecule has 110 valence electrons. The van der Waals surface area contributed by atoms with Crippen LogP contribution in [-0.4, -0.2) is 41.2 Å². The zero-order chi connectivity index (χ0) is 14.5. The molecule has 0 bridgehead atoms. The van der Waals surface area contributed by atoms with Gasteiger partial charge in [-0.25, -0.2) is 4.79 Å².